The van der Waals surface area contributed by atoms with E-state index in [4.69, 9.17) is 9.47 Å². The summed E-state index contributed by atoms with van der Waals surface area (Å²) in [5.41, 5.74) is 0. The largest absolute Gasteiger partial charge is 0.344 e. The van der Waals surface area contributed by atoms with E-state index in [1.54, 1.807) is 12.2 Å². The van der Waals surface area contributed by atoms with Crippen LogP contribution < -0.4 is 0 Å². The van der Waals surface area contributed by atoms with Crippen molar-refractivity contribution >= 4 is 5.78 Å². The minimum atomic E-state index is -0.670. The molecule has 3 nitrogen and oxygen atoms in total. The van der Waals surface area contributed by atoms with E-state index in [1.165, 1.54) is 0 Å². The summed E-state index contributed by atoms with van der Waals surface area (Å²) in [5.74, 6) is -0.612. The summed E-state index contributed by atoms with van der Waals surface area (Å²) in [6.45, 7) is 3.79. The molecule has 3 heteroatoms. The third kappa shape index (κ3) is 1.19. The van der Waals surface area contributed by atoms with Gasteiger partial charge in [0.2, 0.25) is 0 Å². The van der Waals surface area contributed by atoms with Crippen LogP contribution >= 0.6 is 0 Å². The standard InChI is InChI=1S/C9H12O3/c1-6-5-8-7(10)3-4-9(2,11-6)12-8/h3-4,6,8H,5H2,1-2H3. The van der Waals surface area contributed by atoms with Crippen LogP contribution in [0.15, 0.2) is 12.2 Å². The van der Waals surface area contributed by atoms with Crippen LogP contribution in [0.2, 0.25) is 0 Å². The van der Waals surface area contributed by atoms with Gasteiger partial charge in [0.25, 0.3) is 0 Å². The maximum Gasteiger partial charge on any atom is 0.186 e. The first-order valence-electron chi connectivity index (χ1n) is 4.18. The van der Waals surface area contributed by atoms with Crippen LogP contribution in [0.4, 0.5) is 0 Å². The van der Waals surface area contributed by atoms with Gasteiger partial charge in [-0.3, -0.25) is 4.79 Å². The quantitative estimate of drug-likeness (QED) is 0.542. The van der Waals surface area contributed by atoms with E-state index in [2.05, 4.69) is 0 Å². The molecule has 0 amide bonds. The third-order valence-electron chi connectivity index (χ3n) is 2.23. The maximum absolute atomic E-state index is 11.2. The highest BCUT2D eigenvalue weighted by atomic mass is 16.7. The number of hydrogen-bond acceptors (Lipinski definition) is 3. The lowest BCUT2D eigenvalue weighted by Crippen LogP contribution is -2.49. The highest BCUT2D eigenvalue weighted by Gasteiger charge is 2.41. The number of rotatable bonds is 0. The van der Waals surface area contributed by atoms with Crippen molar-refractivity contribution in [3.8, 4) is 0 Å². The highest BCUT2D eigenvalue weighted by Crippen LogP contribution is 2.31. The molecule has 2 bridgehead atoms. The second kappa shape index (κ2) is 2.41. The molecule has 2 aliphatic heterocycles. The molecule has 2 rings (SSSR count). The van der Waals surface area contributed by atoms with Crippen molar-refractivity contribution in [2.24, 2.45) is 0 Å². The van der Waals surface area contributed by atoms with Gasteiger partial charge in [-0.15, -0.1) is 0 Å². The number of hydrogen-bond donors (Lipinski definition) is 0. The van der Waals surface area contributed by atoms with Crippen LogP contribution in [0.5, 0.6) is 0 Å². The van der Waals surface area contributed by atoms with E-state index in [1.807, 2.05) is 13.8 Å². The number of carbonyl (C=O) groups excluding carboxylic acids is 1. The number of ketones is 1. The molecule has 0 radical (unpaired) electrons. The summed E-state index contributed by atoms with van der Waals surface area (Å²) in [6.07, 6.45) is 3.71. The van der Waals surface area contributed by atoms with Crippen molar-refractivity contribution in [3.05, 3.63) is 12.2 Å². The number of carbonyl (C=O) groups is 1. The van der Waals surface area contributed by atoms with E-state index < -0.39 is 5.79 Å². The van der Waals surface area contributed by atoms with Gasteiger partial charge in [0.05, 0.1) is 6.10 Å². The summed E-state index contributed by atoms with van der Waals surface area (Å²) >= 11 is 0. The summed E-state index contributed by atoms with van der Waals surface area (Å²) in [6, 6.07) is 0. The Balaban J connectivity index is 2.29. The van der Waals surface area contributed by atoms with Gasteiger partial charge in [-0.1, -0.05) is 0 Å². The SMILES string of the molecule is CC1CC2OC(C)(C=CC2=O)O1. The summed E-state index contributed by atoms with van der Waals surface area (Å²) < 4.78 is 11.0. The average Bonchev–Trinajstić information content (AvgIpc) is 1.96. The molecule has 1 fully saturated rings. The monoisotopic (exact) mass is 168 g/mol. The van der Waals surface area contributed by atoms with Crippen molar-refractivity contribution in [3.63, 3.8) is 0 Å². The van der Waals surface area contributed by atoms with Crippen LogP contribution in [-0.4, -0.2) is 23.8 Å². The summed E-state index contributed by atoms with van der Waals surface area (Å²) in [5, 5.41) is 0. The topological polar surface area (TPSA) is 35.5 Å². The molecule has 0 N–H and O–H groups in total. The maximum atomic E-state index is 11.2. The van der Waals surface area contributed by atoms with Crippen LogP contribution in [0.1, 0.15) is 20.3 Å². The molecule has 2 heterocycles. The van der Waals surface area contributed by atoms with E-state index >= 15 is 0 Å². The second-order valence-corrected chi connectivity index (χ2v) is 3.52. The molecule has 0 saturated carbocycles. The summed E-state index contributed by atoms with van der Waals surface area (Å²) in [7, 11) is 0. The highest BCUT2D eigenvalue weighted by molar-refractivity contribution is 5.94. The Morgan fingerprint density at radius 3 is 3.08 bits per heavy atom. The Bertz CT molecular complexity index is 246. The van der Waals surface area contributed by atoms with Crippen molar-refractivity contribution < 1.29 is 14.3 Å². The Labute approximate surface area is 71.3 Å². The van der Waals surface area contributed by atoms with E-state index in [9.17, 15) is 4.79 Å². The van der Waals surface area contributed by atoms with Crippen LogP contribution in [0, 0.1) is 0 Å². The van der Waals surface area contributed by atoms with Crippen LogP contribution in [0.3, 0.4) is 0 Å². The Morgan fingerprint density at radius 2 is 2.33 bits per heavy atom. The minimum Gasteiger partial charge on any atom is -0.344 e. The molecule has 12 heavy (non-hydrogen) atoms. The smallest absolute Gasteiger partial charge is 0.186 e. The molecule has 1 saturated heterocycles. The Morgan fingerprint density at radius 1 is 1.58 bits per heavy atom. The lowest BCUT2D eigenvalue weighted by Gasteiger charge is -2.41. The van der Waals surface area contributed by atoms with Gasteiger partial charge in [-0.05, 0) is 26.0 Å². The third-order valence-corrected chi connectivity index (χ3v) is 2.23. The number of fused-ring (bicyclic) bond motifs is 2. The fourth-order valence-electron chi connectivity index (χ4n) is 1.70. The Kier molecular flexibility index (Phi) is 1.59. The molecule has 0 aromatic heterocycles. The zero-order valence-electron chi connectivity index (χ0n) is 7.24. The van der Waals surface area contributed by atoms with Gasteiger partial charge < -0.3 is 9.47 Å². The first kappa shape index (κ1) is 7.95. The molecule has 0 aromatic rings. The minimum absolute atomic E-state index is 0.0580. The van der Waals surface area contributed by atoms with E-state index in [0.29, 0.717) is 6.42 Å². The Hall–Kier alpha value is -0.670. The van der Waals surface area contributed by atoms with Gasteiger partial charge >= 0.3 is 0 Å². The molecule has 0 spiro atoms. The molecule has 66 valence electrons. The zero-order valence-corrected chi connectivity index (χ0v) is 7.24. The fraction of sp³-hybridized carbons (Fsp3) is 0.667. The first-order chi connectivity index (χ1) is 5.59. The predicted octanol–water partition coefficient (Wildman–Crippen LogP) is 1.04. The van der Waals surface area contributed by atoms with Gasteiger partial charge in [0.15, 0.2) is 11.6 Å². The lowest BCUT2D eigenvalue weighted by molar-refractivity contribution is -0.275. The second-order valence-electron chi connectivity index (χ2n) is 3.52. The van der Waals surface area contributed by atoms with Gasteiger partial charge in [0, 0.05) is 6.42 Å². The predicted molar refractivity (Wildman–Crippen MR) is 42.6 cm³/mol. The van der Waals surface area contributed by atoms with Crippen molar-refractivity contribution in [2.75, 3.05) is 0 Å². The fourth-order valence-corrected chi connectivity index (χ4v) is 1.70. The molecule has 3 atom stereocenters. The van der Waals surface area contributed by atoms with E-state index in [-0.39, 0.29) is 18.0 Å². The normalized spacial score (nSPS) is 46.3. The van der Waals surface area contributed by atoms with E-state index in [0.717, 1.165) is 0 Å². The lowest BCUT2D eigenvalue weighted by atomic mass is 10.0. The molecule has 2 aliphatic rings. The molecule has 3 unspecified atom stereocenters. The van der Waals surface area contributed by atoms with Crippen molar-refractivity contribution in [1.82, 2.24) is 0 Å². The van der Waals surface area contributed by atoms with Crippen molar-refractivity contribution in [2.45, 2.75) is 38.3 Å². The molecule has 0 aliphatic carbocycles. The summed E-state index contributed by atoms with van der Waals surface area (Å²) in [4.78, 5) is 11.2. The van der Waals surface area contributed by atoms with Crippen LogP contribution in [-0.2, 0) is 14.3 Å². The zero-order chi connectivity index (χ0) is 8.77. The number of ether oxygens (including phenoxy) is 2. The van der Waals surface area contributed by atoms with Crippen molar-refractivity contribution in [1.29, 1.82) is 0 Å². The molecule has 0 aromatic carbocycles. The average molecular weight is 168 g/mol. The van der Waals surface area contributed by atoms with Crippen LogP contribution in [0.25, 0.3) is 0 Å². The molecular weight excluding hydrogens is 156 g/mol. The first-order valence-corrected chi connectivity index (χ1v) is 4.18. The van der Waals surface area contributed by atoms with Gasteiger partial charge in [0.1, 0.15) is 6.10 Å². The van der Waals surface area contributed by atoms with Gasteiger partial charge in [-0.25, -0.2) is 0 Å². The molecular formula is C9H12O3. The van der Waals surface area contributed by atoms with Gasteiger partial charge in [-0.2, -0.15) is 0 Å².